The van der Waals surface area contributed by atoms with Crippen molar-refractivity contribution in [1.29, 1.82) is 0 Å². The number of hydrogen-bond donors (Lipinski definition) is 1. The fourth-order valence-electron chi connectivity index (χ4n) is 1.83. The smallest absolute Gasteiger partial charge is 0.0889 e. The van der Waals surface area contributed by atoms with Crippen molar-refractivity contribution in [2.75, 3.05) is 6.61 Å². The molecule has 0 fully saturated rings. The molecule has 2 rings (SSSR count). The SMILES string of the molecule is Cc1ccc(-c2cnnn2CCO)c(C)c1. The minimum atomic E-state index is 0.0707. The molecule has 84 valence electrons. The Morgan fingerprint density at radius 1 is 1.31 bits per heavy atom. The van der Waals surface area contributed by atoms with Crippen LogP contribution in [0.1, 0.15) is 11.1 Å². The van der Waals surface area contributed by atoms with Gasteiger partial charge in [0.2, 0.25) is 0 Å². The van der Waals surface area contributed by atoms with Crippen molar-refractivity contribution >= 4 is 0 Å². The van der Waals surface area contributed by atoms with Gasteiger partial charge in [-0.15, -0.1) is 5.10 Å². The van der Waals surface area contributed by atoms with Gasteiger partial charge in [-0.3, -0.25) is 0 Å². The Bertz CT molecular complexity index is 491. The molecule has 0 saturated heterocycles. The van der Waals surface area contributed by atoms with Crippen LogP contribution in [0.2, 0.25) is 0 Å². The van der Waals surface area contributed by atoms with Crippen molar-refractivity contribution in [3.05, 3.63) is 35.5 Å². The molecule has 4 heteroatoms. The number of rotatable bonds is 3. The second kappa shape index (κ2) is 4.45. The topological polar surface area (TPSA) is 50.9 Å². The van der Waals surface area contributed by atoms with Gasteiger partial charge < -0.3 is 5.11 Å². The zero-order chi connectivity index (χ0) is 11.5. The van der Waals surface area contributed by atoms with E-state index in [1.54, 1.807) is 10.9 Å². The fraction of sp³-hybridized carbons (Fsp3) is 0.333. The van der Waals surface area contributed by atoms with Gasteiger partial charge in [-0.1, -0.05) is 29.0 Å². The van der Waals surface area contributed by atoms with Crippen LogP contribution in [0.5, 0.6) is 0 Å². The molecule has 0 atom stereocenters. The van der Waals surface area contributed by atoms with E-state index in [2.05, 4.69) is 42.4 Å². The van der Waals surface area contributed by atoms with E-state index in [9.17, 15) is 0 Å². The van der Waals surface area contributed by atoms with E-state index in [4.69, 9.17) is 5.11 Å². The van der Waals surface area contributed by atoms with Crippen LogP contribution in [0.25, 0.3) is 11.3 Å². The number of nitrogens with zero attached hydrogens (tertiary/aromatic N) is 3. The van der Waals surface area contributed by atoms with Crippen LogP contribution in [0.3, 0.4) is 0 Å². The minimum Gasteiger partial charge on any atom is -0.394 e. The van der Waals surface area contributed by atoms with Crippen LogP contribution in [-0.4, -0.2) is 26.7 Å². The van der Waals surface area contributed by atoms with Gasteiger partial charge in [-0.25, -0.2) is 4.68 Å². The lowest BCUT2D eigenvalue weighted by Crippen LogP contribution is -2.06. The zero-order valence-corrected chi connectivity index (χ0v) is 9.51. The van der Waals surface area contributed by atoms with Gasteiger partial charge in [-0.05, 0) is 19.4 Å². The number of aromatic nitrogens is 3. The highest BCUT2D eigenvalue weighted by molar-refractivity contribution is 5.63. The molecule has 1 N–H and O–H groups in total. The third-order valence-electron chi connectivity index (χ3n) is 2.59. The summed E-state index contributed by atoms with van der Waals surface area (Å²) in [5.41, 5.74) is 4.50. The lowest BCUT2D eigenvalue weighted by Gasteiger charge is -2.08. The molecular weight excluding hydrogens is 202 g/mol. The second-order valence-corrected chi connectivity index (χ2v) is 3.88. The Kier molecular flexibility index (Phi) is 3.01. The molecule has 1 aromatic heterocycles. The molecule has 0 unspecified atom stereocenters. The molecule has 0 radical (unpaired) electrons. The van der Waals surface area contributed by atoms with Crippen molar-refractivity contribution in [3.63, 3.8) is 0 Å². The quantitative estimate of drug-likeness (QED) is 0.848. The number of aliphatic hydroxyl groups excluding tert-OH is 1. The molecule has 0 aliphatic heterocycles. The Labute approximate surface area is 94.5 Å². The summed E-state index contributed by atoms with van der Waals surface area (Å²) in [5.74, 6) is 0. The van der Waals surface area contributed by atoms with Crippen LogP contribution in [-0.2, 0) is 6.54 Å². The third kappa shape index (κ3) is 1.97. The highest BCUT2D eigenvalue weighted by Crippen LogP contribution is 2.22. The first-order valence-corrected chi connectivity index (χ1v) is 5.29. The maximum absolute atomic E-state index is 8.93. The van der Waals surface area contributed by atoms with Gasteiger partial charge in [0, 0.05) is 5.56 Å². The van der Waals surface area contributed by atoms with Crippen LogP contribution < -0.4 is 0 Å². The molecule has 4 nitrogen and oxygen atoms in total. The van der Waals surface area contributed by atoms with Crippen molar-refractivity contribution < 1.29 is 5.11 Å². The molecule has 2 aromatic rings. The Hall–Kier alpha value is -1.68. The van der Waals surface area contributed by atoms with Crippen LogP contribution in [0.15, 0.2) is 24.4 Å². The summed E-state index contributed by atoms with van der Waals surface area (Å²) in [7, 11) is 0. The lowest BCUT2D eigenvalue weighted by molar-refractivity contribution is 0.269. The first-order valence-electron chi connectivity index (χ1n) is 5.29. The van der Waals surface area contributed by atoms with Gasteiger partial charge in [0.25, 0.3) is 0 Å². The Morgan fingerprint density at radius 2 is 2.12 bits per heavy atom. The van der Waals surface area contributed by atoms with Crippen LogP contribution in [0, 0.1) is 13.8 Å². The molecule has 1 aromatic carbocycles. The number of aliphatic hydroxyl groups is 1. The van der Waals surface area contributed by atoms with E-state index in [0.717, 1.165) is 11.3 Å². The Balaban J connectivity index is 2.46. The summed E-state index contributed by atoms with van der Waals surface area (Å²) >= 11 is 0. The van der Waals surface area contributed by atoms with Crippen molar-refractivity contribution in [2.24, 2.45) is 0 Å². The monoisotopic (exact) mass is 217 g/mol. The number of aryl methyl sites for hydroxylation is 2. The van der Waals surface area contributed by atoms with E-state index >= 15 is 0 Å². The summed E-state index contributed by atoms with van der Waals surface area (Å²) in [4.78, 5) is 0. The van der Waals surface area contributed by atoms with E-state index in [-0.39, 0.29) is 6.61 Å². The van der Waals surface area contributed by atoms with Crippen molar-refractivity contribution in [1.82, 2.24) is 15.0 Å². The molecule has 0 spiro atoms. The van der Waals surface area contributed by atoms with Gasteiger partial charge in [0.15, 0.2) is 0 Å². The normalized spacial score (nSPS) is 10.7. The summed E-state index contributed by atoms with van der Waals surface area (Å²) < 4.78 is 1.72. The molecule has 0 aliphatic carbocycles. The largest absolute Gasteiger partial charge is 0.394 e. The van der Waals surface area contributed by atoms with Crippen LogP contribution >= 0.6 is 0 Å². The summed E-state index contributed by atoms with van der Waals surface area (Å²) in [6, 6.07) is 6.27. The number of hydrogen-bond acceptors (Lipinski definition) is 3. The van der Waals surface area contributed by atoms with Crippen molar-refractivity contribution in [3.8, 4) is 11.3 Å². The maximum Gasteiger partial charge on any atom is 0.0889 e. The predicted octanol–water partition coefficient (Wildman–Crippen LogP) is 1.55. The van der Waals surface area contributed by atoms with Gasteiger partial charge in [0.05, 0.1) is 25.0 Å². The average molecular weight is 217 g/mol. The molecule has 0 aliphatic rings. The summed E-state index contributed by atoms with van der Waals surface area (Å²) in [6.07, 6.45) is 1.73. The average Bonchev–Trinajstić information content (AvgIpc) is 2.67. The first-order chi connectivity index (χ1) is 7.72. The Morgan fingerprint density at radius 3 is 2.81 bits per heavy atom. The molecule has 0 saturated carbocycles. The highest BCUT2D eigenvalue weighted by atomic mass is 16.3. The molecule has 1 heterocycles. The highest BCUT2D eigenvalue weighted by Gasteiger charge is 2.08. The number of benzene rings is 1. The minimum absolute atomic E-state index is 0.0707. The molecule has 16 heavy (non-hydrogen) atoms. The van der Waals surface area contributed by atoms with E-state index < -0.39 is 0 Å². The van der Waals surface area contributed by atoms with E-state index in [1.165, 1.54) is 11.1 Å². The van der Waals surface area contributed by atoms with Crippen LogP contribution in [0.4, 0.5) is 0 Å². The maximum atomic E-state index is 8.93. The summed E-state index contributed by atoms with van der Waals surface area (Å²) in [6.45, 7) is 4.68. The third-order valence-corrected chi connectivity index (χ3v) is 2.59. The van der Waals surface area contributed by atoms with E-state index in [1.807, 2.05) is 0 Å². The fourth-order valence-corrected chi connectivity index (χ4v) is 1.83. The first kappa shape index (κ1) is 10.8. The second-order valence-electron chi connectivity index (χ2n) is 3.88. The lowest BCUT2D eigenvalue weighted by atomic mass is 10.0. The van der Waals surface area contributed by atoms with Gasteiger partial charge in [-0.2, -0.15) is 0 Å². The van der Waals surface area contributed by atoms with Gasteiger partial charge in [0.1, 0.15) is 0 Å². The zero-order valence-electron chi connectivity index (χ0n) is 9.51. The standard InChI is InChI=1S/C12H15N3O/c1-9-3-4-11(10(2)7-9)12-8-13-14-15(12)5-6-16/h3-4,7-8,16H,5-6H2,1-2H3. The molecule has 0 amide bonds. The van der Waals surface area contributed by atoms with Gasteiger partial charge >= 0.3 is 0 Å². The van der Waals surface area contributed by atoms with E-state index in [0.29, 0.717) is 6.54 Å². The molecule has 0 bridgehead atoms. The summed E-state index contributed by atoms with van der Waals surface area (Å²) in [5, 5.41) is 16.8. The molecular formula is C12H15N3O. The van der Waals surface area contributed by atoms with Crippen molar-refractivity contribution in [2.45, 2.75) is 20.4 Å². The predicted molar refractivity (Wildman–Crippen MR) is 62.0 cm³/mol.